The van der Waals surface area contributed by atoms with E-state index < -0.39 is 0 Å². The molecule has 1 aliphatic heterocycles. The van der Waals surface area contributed by atoms with E-state index in [2.05, 4.69) is 5.10 Å². The lowest BCUT2D eigenvalue weighted by Crippen LogP contribution is -2.21. The maximum absolute atomic E-state index is 12.6. The summed E-state index contributed by atoms with van der Waals surface area (Å²) in [7, 11) is 1.63. The number of ether oxygens (including phenoxy) is 1. The monoisotopic (exact) mass is 306 g/mol. The number of hydrazone groups is 1. The summed E-state index contributed by atoms with van der Waals surface area (Å²) in [5, 5.41) is 5.90. The van der Waals surface area contributed by atoms with Crippen LogP contribution in [-0.2, 0) is 11.3 Å². The largest absolute Gasteiger partial charge is 0.497 e. The second kappa shape index (κ2) is 6.48. The molecule has 0 unspecified atom stereocenters. The molecule has 4 heteroatoms. The highest BCUT2D eigenvalue weighted by atomic mass is 16.5. The van der Waals surface area contributed by atoms with E-state index >= 15 is 0 Å². The van der Waals surface area contributed by atoms with Crippen LogP contribution in [0.3, 0.4) is 0 Å². The van der Waals surface area contributed by atoms with E-state index in [4.69, 9.17) is 4.74 Å². The minimum Gasteiger partial charge on any atom is -0.497 e. The molecular weight excluding hydrogens is 288 g/mol. The van der Waals surface area contributed by atoms with Gasteiger partial charge in [0.25, 0.3) is 5.91 Å². The zero-order valence-electron chi connectivity index (χ0n) is 13.2. The molecule has 116 valence electrons. The van der Waals surface area contributed by atoms with Crippen LogP contribution >= 0.6 is 0 Å². The summed E-state index contributed by atoms with van der Waals surface area (Å²) in [5.74, 6) is 0.725. The van der Waals surface area contributed by atoms with Gasteiger partial charge in [-0.2, -0.15) is 5.10 Å². The molecule has 0 aromatic heterocycles. The summed E-state index contributed by atoms with van der Waals surface area (Å²) in [6, 6.07) is 17.4. The summed E-state index contributed by atoms with van der Waals surface area (Å²) < 4.78 is 5.15. The molecule has 0 radical (unpaired) electrons. The average molecular weight is 306 g/mol. The van der Waals surface area contributed by atoms with Crippen molar-refractivity contribution < 1.29 is 9.53 Å². The Kier molecular flexibility index (Phi) is 4.24. The molecule has 1 aliphatic rings. The molecule has 0 N–H and O–H groups in total. The van der Waals surface area contributed by atoms with Crippen molar-refractivity contribution >= 4 is 17.7 Å². The normalized spacial score (nSPS) is 15.9. The van der Waals surface area contributed by atoms with Gasteiger partial charge in [0, 0.05) is 0 Å². The molecule has 2 aromatic rings. The maximum atomic E-state index is 12.6. The number of carbonyl (C=O) groups is 1. The Morgan fingerprint density at radius 1 is 1.09 bits per heavy atom. The highest BCUT2D eigenvalue weighted by Crippen LogP contribution is 2.21. The van der Waals surface area contributed by atoms with Gasteiger partial charge in [-0.05, 0) is 36.3 Å². The Morgan fingerprint density at radius 2 is 1.78 bits per heavy atom. The topological polar surface area (TPSA) is 41.9 Å². The van der Waals surface area contributed by atoms with Crippen LogP contribution in [0.1, 0.15) is 18.1 Å². The molecule has 2 aromatic carbocycles. The number of hydrogen-bond acceptors (Lipinski definition) is 3. The van der Waals surface area contributed by atoms with Crippen molar-refractivity contribution in [1.82, 2.24) is 5.01 Å². The standard InChI is InChI=1S/C19H18N2O2/c1-14-18(12-15-8-10-17(23-2)11-9-15)19(22)21(20-14)13-16-6-4-3-5-7-16/h3-12H,13H2,1-2H3/b18-12+. The Bertz CT molecular complexity index is 762. The highest BCUT2D eigenvalue weighted by Gasteiger charge is 2.27. The van der Waals surface area contributed by atoms with Gasteiger partial charge in [0.15, 0.2) is 0 Å². The number of benzene rings is 2. The van der Waals surface area contributed by atoms with Crippen LogP contribution in [0.4, 0.5) is 0 Å². The fourth-order valence-corrected chi connectivity index (χ4v) is 2.47. The summed E-state index contributed by atoms with van der Waals surface area (Å²) in [6.07, 6.45) is 1.87. The van der Waals surface area contributed by atoms with Crippen LogP contribution in [0.15, 0.2) is 65.3 Å². The zero-order chi connectivity index (χ0) is 16.2. The molecule has 1 amide bonds. The maximum Gasteiger partial charge on any atom is 0.276 e. The van der Waals surface area contributed by atoms with Crippen molar-refractivity contribution in [1.29, 1.82) is 0 Å². The molecule has 0 aliphatic carbocycles. The second-order valence-corrected chi connectivity index (χ2v) is 5.36. The summed E-state index contributed by atoms with van der Waals surface area (Å²) >= 11 is 0. The predicted octanol–water partition coefficient (Wildman–Crippen LogP) is 3.50. The van der Waals surface area contributed by atoms with Crippen LogP contribution in [-0.4, -0.2) is 23.7 Å². The first-order valence-corrected chi connectivity index (χ1v) is 7.44. The van der Waals surface area contributed by atoms with Crippen molar-refractivity contribution in [3.05, 3.63) is 71.3 Å². The van der Waals surface area contributed by atoms with E-state index in [0.29, 0.717) is 12.1 Å². The summed E-state index contributed by atoms with van der Waals surface area (Å²) in [6.45, 7) is 2.34. The lowest BCUT2D eigenvalue weighted by atomic mass is 10.1. The number of nitrogens with zero attached hydrogens (tertiary/aromatic N) is 2. The van der Waals surface area contributed by atoms with Gasteiger partial charge in [-0.3, -0.25) is 4.79 Å². The zero-order valence-corrected chi connectivity index (χ0v) is 13.2. The second-order valence-electron chi connectivity index (χ2n) is 5.36. The van der Waals surface area contributed by atoms with Crippen molar-refractivity contribution in [2.75, 3.05) is 7.11 Å². The van der Waals surface area contributed by atoms with Gasteiger partial charge in [-0.25, -0.2) is 5.01 Å². The molecule has 0 saturated carbocycles. The molecule has 0 saturated heterocycles. The minimum absolute atomic E-state index is 0.0674. The first-order valence-electron chi connectivity index (χ1n) is 7.44. The van der Waals surface area contributed by atoms with Crippen LogP contribution < -0.4 is 4.74 Å². The van der Waals surface area contributed by atoms with Gasteiger partial charge in [0.05, 0.1) is 24.9 Å². The number of rotatable bonds is 4. The molecule has 0 bridgehead atoms. The van der Waals surface area contributed by atoms with Gasteiger partial charge >= 0.3 is 0 Å². The fraction of sp³-hybridized carbons (Fsp3) is 0.158. The van der Waals surface area contributed by atoms with Gasteiger partial charge in [-0.15, -0.1) is 0 Å². The van der Waals surface area contributed by atoms with Gasteiger partial charge in [0.1, 0.15) is 5.75 Å². The third kappa shape index (κ3) is 3.31. The SMILES string of the molecule is COc1ccc(/C=C2/C(=O)N(Cc3ccccc3)N=C2C)cc1. The lowest BCUT2D eigenvalue weighted by molar-refractivity contribution is -0.126. The van der Waals surface area contributed by atoms with E-state index in [1.165, 1.54) is 5.01 Å². The van der Waals surface area contributed by atoms with E-state index in [-0.39, 0.29) is 5.91 Å². The quantitative estimate of drug-likeness (QED) is 0.811. The van der Waals surface area contributed by atoms with Crippen molar-refractivity contribution in [3.8, 4) is 5.75 Å². The molecule has 4 nitrogen and oxygen atoms in total. The Morgan fingerprint density at radius 3 is 2.43 bits per heavy atom. The molecule has 23 heavy (non-hydrogen) atoms. The highest BCUT2D eigenvalue weighted by molar-refractivity contribution is 6.26. The predicted molar refractivity (Wildman–Crippen MR) is 91.1 cm³/mol. The van der Waals surface area contributed by atoms with Crippen LogP contribution in [0.2, 0.25) is 0 Å². The Labute approximate surface area is 135 Å². The fourth-order valence-electron chi connectivity index (χ4n) is 2.47. The Balaban J connectivity index is 1.80. The van der Waals surface area contributed by atoms with Gasteiger partial charge in [-0.1, -0.05) is 42.5 Å². The first kappa shape index (κ1) is 15.0. The van der Waals surface area contributed by atoms with Gasteiger partial charge < -0.3 is 4.74 Å². The molecule has 0 spiro atoms. The third-order valence-corrected chi connectivity index (χ3v) is 3.73. The molecule has 3 rings (SSSR count). The summed E-state index contributed by atoms with van der Waals surface area (Å²) in [5.41, 5.74) is 3.38. The molecule has 0 fully saturated rings. The lowest BCUT2D eigenvalue weighted by Gasteiger charge is -2.11. The third-order valence-electron chi connectivity index (χ3n) is 3.73. The number of carbonyl (C=O) groups excluding carboxylic acids is 1. The van der Waals surface area contributed by atoms with E-state index in [1.807, 2.05) is 67.6 Å². The average Bonchev–Trinajstić information content (AvgIpc) is 2.84. The van der Waals surface area contributed by atoms with Crippen molar-refractivity contribution in [2.45, 2.75) is 13.5 Å². The van der Waals surface area contributed by atoms with E-state index in [1.54, 1.807) is 7.11 Å². The van der Waals surface area contributed by atoms with Crippen LogP contribution in [0, 0.1) is 0 Å². The summed E-state index contributed by atoms with van der Waals surface area (Å²) in [4.78, 5) is 12.6. The molecule has 0 atom stereocenters. The van der Waals surface area contributed by atoms with Crippen molar-refractivity contribution in [2.24, 2.45) is 5.10 Å². The molecule has 1 heterocycles. The molecular formula is C19H18N2O2. The number of methoxy groups -OCH3 is 1. The first-order chi connectivity index (χ1) is 11.2. The minimum atomic E-state index is -0.0674. The smallest absolute Gasteiger partial charge is 0.276 e. The van der Waals surface area contributed by atoms with E-state index in [9.17, 15) is 4.79 Å². The van der Waals surface area contributed by atoms with Gasteiger partial charge in [0.2, 0.25) is 0 Å². The number of hydrogen-bond donors (Lipinski definition) is 0. The van der Waals surface area contributed by atoms with Crippen LogP contribution in [0.25, 0.3) is 6.08 Å². The van der Waals surface area contributed by atoms with Crippen molar-refractivity contribution in [3.63, 3.8) is 0 Å². The van der Waals surface area contributed by atoms with E-state index in [0.717, 1.165) is 22.6 Å². The Hall–Kier alpha value is -2.88. The number of amides is 1. The van der Waals surface area contributed by atoms with Crippen LogP contribution in [0.5, 0.6) is 5.75 Å².